The molecule has 0 aliphatic heterocycles. The number of anilines is 1. The first kappa shape index (κ1) is 21.3. The maximum Gasteiger partial charge on any atom is 0.280 e. The number of aromatic nitrogens is 3. The lowest BCUT2D eigenvalue weighted by Crippen LogP contribution is -2.19. The minimum atomic E-state index is -2.81. The summed E-state index contributed by atoms with van der Waals surface area (Å²) in [5, 5.41) is 7.07. The van der Waals surface area contributed by atoms with Gasteiger partial charge in [-0.2, -0.15) is 5.10 Å². The maximum absolute atomic E-state index is 13.5. The number of nitrogens with two attached hydrogens (primary N) is 1. The summed E-state index contributed by atoms with van der Waals surface area (Å²) < 4.78 is 28.3. The molecule has 0 atom stereocenters. The van der Waals surface area contributed by atoms with Crippen molar-refractivity contribution in [3.05, 3.63) is 50.6 Å². The van der Waals surface area contributed by atoms with E-state index in [9.17, 15) is 18.4 Å². The zero-order chi connectivity index (χ0) is 22.4. The smallest absolute Gasteiger partial charge is 0.280 e. The largest absolute Gasteiger partial charge is 0.365 e. The van der Waals surface area contributed by atoms with Gasteiger partial charge in [0.25, 0.3) is 18.2 Å². The monoisotopic (exact) mass is 481 g/mol. The quantitative estimate of drug-likeness (QED) is 0.418. The van der Waals surface area contributed by atoms with Gasteiger partial charge in [0.05, 0.1) is 16.9 Å². The number of nitrogens with one attached hydrogen (secondary N) is 1. The van der Waals surface area contributed by atoms with E-state index in [1.807, 2.05) is 13.0 Å². The molecule has 0 aliphatic carbocycles. The normalized spacial score (nSPS) is 11.4. The van der Waals surface area contributed by atoms with Crippen LogP contribution in [0.15, 0.2) is 24.4 Å². The fourth-order valence-electron chi connectivity index (χ4n) is 3.13. The fourth-order valence-corrected chi connectivity index (χ4v) is 5.29. The van der Waals surface area contributed by atoms with Crippen molar-refractivity contribution in [2.75, 3.05) is 5.32 Å². The van der Waals surface area contributed by atoms with E-state index in [1.54, 1.807) is 6.07 Å². The van der Waals surface area contributed by atoms with Gasteiger partial charge in [0.15, 0.2) is 0 Å². The van der Waals surface area contributed by atoms with Crippen molar-refractivity contribution in [3.63, 3.8) is 0 Å². The highest BCUT2D eigenvalue weighted by Crippen LogP contribution is 2.44. The second kappa shape index (κ2) is 7.98. The van der Waals surface area contributed by atoms with Crippen LogP contribution in [0.5, 0.6) is 0 Å². The molecule has 12 heteroatoms. The Morgan fingerprint density at radius 2 is 2.03 bits per heavy atom. The lowest BCUT2D eigenvalue weighted by molar-refractivity contribution is 0.100. The van der Waals surface area contributed by atoms with E-state index in [1.165, 1.54) is 35.3 Å². The van der Waals surface area contributed by atoms with Crippen LogP contribution in [-0.2, 0) is 7.05 Å². The zero-order valence-electron chi connectivity index (χ0n) is 16.1. The first-order chi connectivity index (χ1) is 14.7. The Morgan fingerprint density at radius 3 is 2.58 bits per heavy atom. The van der Waals surface area contributed by atoms with Gasteiger partial charge in [-0.3, -0.25) is 14.3 Å². The van der Waals surface area contributed by atoms with Crippen molar-refractivity contribution in [2.24, 2.45) is 12.8 Å². The van der Waals surface area contributed by atoms with Crippen LogP contribution in [0.3, 0.4) is 0 Å². The predicted molar refractivity (Wildman–Crippen MR) is 117 cm³/mol. The van der Waals surface area contributed by atoms with Crippen molar-refractivity contribution in [1.82, 2.24) is 14.8 Å². The first-order valence-corrected chi connectivity index (χ1v) is 10.8. The van der Waals surface area contributed by atoms with Crippen molar-refractivity contribution in [3.8, 4) is 10.4 Å². The molecule has 2 amide bonds. The van der Waals surface area contributed by atoms with E-state index >= 15 is 0 Å². The molecule has 4 rings (SSSR count). The molecule has 0 saturated carbocycles. The van der Waals surface area contributed by atoms with Crippen LogP contribution in [0.2, 0.25) is 5.02 Å². The number of aryl methyl sites for hydroxylation is 2. The number of hydrogen-bond donors (Lipinski definition) is 2. The third-order valence-electron chi connectivity index (χ3n) is 4.48. The number of hydrogen-bond acceptors (Lipinski definition) is 6. The minimum absolute atomic E-state index is 0.00455. The molecule has 0 radical (unpaired) electrons. The number of carbonyl (C=O) groups excluding carboxylic acids is 2. The Hall–Kier alpha value is -2.89. The summed E-state index contributed by atoms with van der Waals surface area (Å²) in [4.78, 5) is 30.9. The van der Waals surface area contributed by atoms with Gasteiger partial charge < -0.3 is 11.1 Å². The van der Waals surface area contributed by atoms with Crippen LogP contribution >= 0.6 is 34.3 Å². The highest BCUT2D eigenvalue weighted by Gasteiger charge is 2.27. The summed E-state index contributed by atoms with van der Waals surface area (Å²) in [5.74, 6) is -1.44. The van der Waals surface area contributed by atoms with Gasteiger partial charge in [-0.05, 0) is 25.1 Å². The van der Waals surface area contributed by atoms with Crippen LogP contribution in [0.25, 0.3) is 20.7 Å². The van der Waals surface area contributed by atoms with Gasteiger partial charge in [-0.25, -0.2) is 13.8 Å². The first-order valence-electron chi connectivity index (χ1n) is 8.78. The van der Waals surface area contributed by atoms with Gasteiger partial charge in [0.2, 0.25) is 0 Å². The van der Waals surface area contributed by atoms with Gasteiger partial charge in [-0.15, -0.1) is 22.7 Å². The summed E-state index contributed by atoms with van der Waals surface area (Å²) in [5.41, 5.74) is 5.69. The fraction of sp³-hybridized carbons (Fsp3) is 0.158. The number of nitrogens with zero attached hydrogens (tertiary/aromatic N) is 3. The summed E-state index contributed by atoms with van der Waals surface area (Å²) in [6.07, 6.45) is -1.50. The molecule has 3 N–H and O–H groups in total. The molecular weight excluding hydrogens is 468 g/mol. The number of halogens is 3. The Kier molecular flexibility index (Phi) is 5.50. The number of primary amides is 1. The predicted octanol–water partition coefficient (Wildman–Crippen LogP) is 5.01. The molecule has 4 aromatic heterocycles. The maximum atomic E-state index is 13.5. The molecule has 0 aromatic carbocycles. The van der Waals surface area contributed by atoms with Crippen LogP contribution < -0.4 is 11.1 Å². The van der Waals surface area contributed by atoms with Crippen LogP contribution in [0.1, 0.15) is 37.2 Å². The molecule has 0 bridgehead atoms. The van der Waals surface area contributed by atoms with E-state index < -0.39 is 23.9 Å². The van der Waals surface area contributed by atoms with Crippen molar-refractivity contribution in [2.45, 2.75) is 13.3 Å². The Balaban J connectivity index is 1.98. The van der Waals surface area contributed by atoms with Crippen molar-refractivity contribution >= 4 is 62.0 Å². The van der Waals surface area contributed by atoms with Gasteiger partial charge in [0, 0.05) is 27.8 Å². The van der Waals surface area contributed by atoms with E-state index in [0.717, 1.165) is 16.2 Å². The molecule has 0 spiro atoms. The summed E-state index contributed by atoms with van der Waals surface area (Å²) >= 11 is 8.29. The average molecular weight is 482 g/mol. The van der Waals surface area contributed by atoms with Crippen LogP contribution in [0.4, 0.5) is 14.5 Å². The molecule has 0 unspecified atom stereocenters. The lowest BCUT2D eigenvalue weighted by atomic mass is 10.1. The third-order valence-corrected chi connectivity index (χ3v) is 6.89. The topological polar surface area (TPSA) is 103 Å². The van der Waals surface area contributed by atoms with Crippen LogP contribution in [-0.4, -0.2) is 26.6 Å². The zero-order valence-corrected chi connectivity index (χ0v) is 18.5. The van der Waals surface area contributed by atoms with E-state index in [2.05, 4.69) is 15.4 Å². The highest BCUT2D eigenvalue weighted by atomic mass is 35.5. The summed E-state index contributed by atoms with van der Waals surface area (Å²) in [6.45, 7) is 1.89. The van der Waals surface area contributed by atoms with Crippen molar-refractivity contribution < 1.29 is 18.4 Å². The van der Waals surface area contributed by atoms with E-state index in [-0.39, 0.29) is 26.1 Å². The SMILES string of the molecule is Cc1ccc(-c2cc(C(F)F)nc3sc(C(N)=O)c(NC(=O)c4c(Cl)cnn4C)c23)s1. The Morgan fingerprint density at radius 1 is 1.29 bits per heavy atom. The van der Waals surface area contributed by atoms with Crippen molar-refractivity contribution in [1.29, 1.82) is 0 Å². The number of amides is 2. The lowest BCUT2D eigenvalue weighted by Gasteiger charge is -2.10. The Labute approximate surface area is 187 Å². The molecule has 0 fully saturated rings. The van der Waals surface area contributed by atoms with E-state index in [0.29, 0.717) is 15.8 Å². The number of pyridine rings is 1. The summed E-state index contributed by atoms with van der Waals surface area (Å²) in [7, 11) is 1.54. The Bertz CT molecular complexity index is 1330. The third kappa shape index (κ3) is 3.80. The molecule has 160 valence electrons. The second-order valence-corrected chi connectivity index (χ2v) is 9.27. The molecular formula is C19H14ClF2N5O2S2. The number of alkyl halides is 2. The highest BCUT2D eigenvalue weighted by molar-refractivity contribution is 7.21. The molecule has 4 aromatic rings. The van der Waals surface area contributed by atoms with Gasteiger partial charge in [0.1, 0.15) is 21.1 Å². The number of fused-ring (bicyclic) bond motifs is 1. The molecule has 4 heterocycles. The van der Waals surface area contributed by atoms with Gasteiger partial charge in [-0.1, -0.05) is 11.6 Å². The second-order valence-electron chi connectivity index (χ2n) is 6.58. The molecule has 31 heavy (non-hydrogen) atoms. The average Bonchev–Trinajstić information content (AvgIpc) is 3.38. The number of carbonyl (C=O) groups is 2. The van der Waals surface area contributed by atoms with Gasteiger partial charge >= 0.3 is 0 Å². The number of rotatable bonds is 5. The minimum Gasteiger partial charge on any atom is -0.365 e. The molecule has 0 aliphatic rings. The van der Waals surface area contributed by atoms with Crippen LogP contribution in [0, 0.1) is 6.92 Å². The number of thiophene rings is 2. The molecule has 0 saturated heterocycles. The standard InChI is InChI=1S/C19H14ClF2N5O2S2/c1-7-3-4-11(30-7)8-5-10(16(21)22)25-19-12(8)13(15(31-19)17(23)28)26-18(29)14-9(20)6-24-27(14)2/h3-6,16H,1-2H3,(H2,23,28)(H,26,29). The van der Waals surface area contributed by atoms with E-state index in [4.69, 9.17) is 17.3 Å². The summed E-state index contributed by atoms with van der Waals surface area (Å²) in [6, 6.07) is 4.90. The molecule has 7 nitrogen and oxygen atoms in total.